The summed E-state index contributed by atoms with van der Waals surface area (Å²) in [7, 11) is 0. The van der Waals surface area contributed by atoms with Gasteiger partial charge in [-0.15, -0.1) is 0 Å². The van der Waals surface area contributed by atoms with Crippen molar-refractivity contribution in [2.45, 2.75) is 6.92 Å². The highest BCUT2D eigenvalue weighted by Crippen LogP contribution is 2.23. The summed E-state index contributed by atoms with van der Waals surface area (Å²) < 4.78 is 5.34. The number of hydrogen-bond acceptors (Lipinski definition) is 5. The normalized spacial score (nSPS) is 14.8. The molecular formula is C19H23ClN4O2. The van der Waals surface area contributed by atoms with Gasteiger partial charge < -0.3 is 15.4 Å². The van der Waals surface area contributed by atoms with E-state index in [1.54, 1.807) is 24.4 Å². The van der Waals surface area contributed by atoms with Crippen LogP contribution in [0.3, 0.4) is 0 Å². The van der Waals surface area contributed by atoms with Crippen molar-refractivity contribution in [1.29, 1.82) is 0 Å². The SMILES string of the molecule is Cc1c(Cl)cccc1NC(=O)c1ccnc(NCCN2CCOCC2)c1. The van der Waals surface area contributed by atoms with Gasteiger partial charge in [-0.2, -0.15) is 0 Å². The molecule has 0 saturated carbocycles. The van der Waals surface area contributed by atoms with E-state index in [-0.39, 0.29) is 5.91 Å². The molecule has 2 aromatic rings. The van der Waals surface area contributed by atoms with E-state index in [1.807, 2.05) is 19.1 Å². The molecule has 0 radical (unpaired) electrons. The maximum Gasteiger partial charge on any atom is 0.255 e. The lowest BCUT2D eigenvalue weighted by molar-refractivity contribution is 0.0398. The van der Waals surface area contributed by atoms with Crippen molar-refractivity contribution in [2.75, 3.05) is 50.0 Å². The summed E-state index contributed by atoms with van der Waals surface area (Å²) in [5, 5.41) is 6.81. The molecule has 7 heteroatoms. The standard InChI is InChI=1S/C19H23ClN4O2/c1-14-16(20)3-2-4-17(14)23-19(25)15-5-6-21-18(13-15)22-7-8-24-9-11-26-12-10-24/h2-6,13H,7-12H2,1H3,(H,21,22)(H,23,25). The molecule has 6 nitrogen and oxygen atoms in total. The van der Waals surface area contributed by atoms with Crippen LogP contribution in [-0.2, 0) is 4.74 Å². The molecule has 1 fully saturated rings. The Morgan fingerprint density at radius 3 is 2.92 bits per heavy atom. The van der Waals surface area contributed by atoms with Gasteiger partial charge >= 0.3 is 0 Å². The van der Waals surface area contributed by atoms with E-state index in [9.17, 15) is 4.79 Å². The molecule has 1 amide bonds. The molecule has 26 heavy (non-hydrogen) atoms. The number of carbonyl (C=O) groups excluding carboxylic acids is 1. The molecular weight excluding hydrogens is 352 g/mol. The van der Waals surface area contributed by atoms with Crippen molar-refractivity contribution in [3.63, 3.8) is 0 Å². The third-order valence-electron chi connectivity index (χ3n) is 4.38. The van der Waals surface area contributed by atoms with Crippen molar-refractivity contribution in [3.8, 4) is 0 Å². The molecule has 1 aliphatic heterocycles. The van der Waals surface area contributed by atoms with E-state index in [1.165, 1.54) is 0 Å². The fraction of sp³-hybridized carbons (Fsp3) is 0.368. The number of morpholine rings is 1. The molecule has 2 heterocycles. The quantitative estimate of drug-likeness (QED) is 0.813. The number of nitrogens with one attached hydrogen (secondary N) is 2. The lowest BCUT2D eigenvalue weighted by atomic mass is 10.2. The van der Waals surface area contributed by atoms with E-state index in [2.05, 4.69) is 20.5 Å². The number of aromatic nitrogens is 1. The van der Waals surface area contributed by atoms with Crippen LogP contribution in [-0.4, -0.2) is 55.2 Å². The molecule has 0 unspecified atom stereocenters. The summed E-state index contributed by atoms with van der Waals surface area (Å²) in [6.45, 7) is 7.05. The Bertz CT molecular complexity index is 763. The first-order valence-electron chi connectivity index (χ1n) is 8.70. The summed E-state index contributed by atoms with van der Waals surface area (Å²) >= 11 is 6.11. The van der Waals surface area contributed by atoms with Gasteiger partial charge in [0.2, 0.25) is 0 Å². The van der Waals surface area contributed by atoms with Crippen molar-refractivity contribution in [2.24, 2.45) is 0 Å². The van der Waals surface area contributed by atoms with E-state index >= 15 is 0 Å². The highest BCUT2D eigenvalue weighted by molar-refractivity contribution is 6.31. The molecule has 1 aromatic carbocycles. The molecule has 0 atom stereocenters. The van der Waals surface area contributed by atoms with Crippen LogP contribution in [0.25, 0.3) is 0 Å². The van der Waals surface area contributed by atoms with E-state index in [4.69, 9.17) is 16.3 Å². The number of rotatable bonds is 6. The van der Waals surface area contributed by atoms with Gasteiger partial charge in [0.15, 0.2) is 0 Å². The average Bonchev–Trinajstić information content (AvgIpc) is 2.66. The zero-order valence-electron chi connectivity index (χ0n) is 14.8. The van der Waals surface area contributed by atoms with Crippen molar-refractivity contribution in [1.82, 2.24) is 9.88 Å². The third kappa shape index (κ3) is 4.94. The molecule has 1 saturated heterocycles. The summed E-state index contributed by atoms with van der Waals surface area (Å²) in [6, 6.07) is 8.91. The van der Waals surface area contributed by atoms with Crippen LogP contribution in [0.15, 0.2) is 36.5 Å². The van der Waals surface area contributed by atoms with E-state index in [0.29, 0.717) is 22.1 Å². The van der Waals surface area contributed by atoms with Gasteiger partial charge in [0.25, 0.3) is 5.91 Å². The Morgan fingerprint density at radius 2 is 2.12 bits per heavy atom. The van der Waals surface area contributed by atoms with E-state index in [0.717, 1.165) is 45.0 Å². The van der Waals surface area contributed by atoms with E-state index < -0.39 is 0 Å². The molecule has 138 valence electrons. The van der Waals surface area contributed by atoms with Crippen LogP contribution in [0.2, 0.25) is 5.02 Å². The largest absolute Gasteiger partial charge is 0.379 e. The molecule has 1 aromatic heterocycles. The number of carbonyl (C=O) groups is 1. The Morgan fingerprint density at radius 1 is 1.31 bits per heavy atom. The van der Waals surface area contributed by atoms with Gasteiger partial charge in [0.1, 0.15) is 5.82 Å². The minimum Gasteiger partial charge on any atom is -0.379 e. The summed E-state index contributed by atoms with van der Waals surface area (Å²) in [4.78, 5) is 19.1. The zero-order valence-corrected chi connectivity index (χ0v) is 15.6. The lowest BCUT2D eigenvalue weighted by Gasteiger charge is -2.26. The Balaban J connectivity index is 1.57. The fourth-order valence-corrected chi connectivity index (χ4v) is 2.95. The van der Waals surface area contributed by atoms with Gasteiger partial charge in [-0.25, -0.2) is 4.98 Å². The van der Waals surface area contributed by atoms with Crippen LogP contribution >= 0.6 is 11.6 Å². The Hall–Kier alpha value is -2.15. The second kappa shape index (κ2) is 8.98. The minimum absolute atomic E-state index is 0.186. The van der Waals surface area contributed by atoms with Gasteiger partial charge in [-0.05, 0) is 36.8 Å². The second-order valence-electron chi connectivity index (χ2n) is 6.18. The number of nitrogens with zero attached hydrogens (tertiary/aromatic N) is 2. The third-order valence-corrected chi connectivity index (χ3v) is 4.79. The predicted molar refractivity (Wildman–Crippen MR) is 104 cm³/mol. The average molecular weight is 375 g/mol. The van der Waals surface area contributed by atoms with Crippen molar-refractivity contribution in [3.05, 3.63) is 52.7 Å². The predicted octanol–water partition coefficient (Wildman–Crippen LogP) is 3.04. The molecule has 3 rings (SSSR count). The first kappa shape index (κ1) is 18.6. The van der Waals surface area contributed by atoms with Crippen LogP contribution in [0.1, 0.15) is 15.9 Å². The molecule has 1 aliphatic rings. The fourth-order valence-electron chi connectivity index (χ4n) is 2.77. The second-order valence-corrected chi connectivity index (χ2v) is 6.58. The van der Waals surface area contributed by atoms with Crippen molar-refractivity contribution >= 4 is 29.0 Å². The number of amides is 1. The number of ether oxygens (including phenoxy) is 1. The smallest absolute Gasteiger partial charge is 0.255 e. The Labute approximate surface area is 158 Å². The lowest BCUT2D eigenvalue weighted by Crippen LogP contribution is -2.39. The molecule has 0 spiro atoms. The van der Waals surface area contributed by atoms with Gasteiger partial charge in [-0.3, -0.25) is 9.69 Å². The van der Waals surface area contributed by atoms with Crippen LogP contribution in [0, 0.1) is 6.92 Å². The van der Waals surface area contributed by atoms with Gasteiger partial charge in [0.05, 0.1) is 13.2 Å². The molecule has 2 N–H and O–H groups in total. The topological polar surface area (TPSA) is 66.5 Å². The van der Waals surface area contributed by atoms with Crippen LogP contribution in [0.4, 0.5) is 11.5 Å². The number of halogens is 1. The minimum atomic E-state index is -0.186. The number of pyridine rings is 1. The van der Waals surface area contributed by atoms with Crippen LogP contribution < -0.4 is 10.6 Å². The molecule has 0 bridgehead atoms. The maximum atomic E-state index is 12.5. The summed E-state index contributed by atoms with van der Waals surface area (Å²) in [6.07, 6.45) is 1.64. The Kier molecular flexibility index (Phi) is 6.44. The summed E-state index contributed by atoms with van der Waals surface area (Å²) in [5.74, 6) is 0.503. The monoisotopic (exact) mass is 374 g/mol. The maximum absolute atomic E-state index is 12.5. The zero-order chi connectivity index (χ0) is 18.4. The number of hydrogen-bond donors (Lipinski definition) is 2. The van der Waals surface area contributed by atoms with Gasteiger partial charge in [-0.1, -0.05) is 17.7 Å². The van der Waals surface area contributed by atoms with Crippen LogP contribution in [0.5, 0.6) is 0 Å². The number of benzene rings is 1. The molecule has 0 aliphatic carbocycles. The first-order valence-corrected chi connectivity index (χ1v) is 9.08. The van der Waals surface area contributed by atoms with Crippen molar-refractivity contribution < 1.29 is 9.53 Å². The number of anilines is 2. The highest BCUT2D eigenvalue weighted by Gasteiger charge is 2.11. The highest BCUT2D eigenvalue weighted by atomic mass is 35.5. The first-order chi connectivity index (χ1) is 12.6. The summed E-state index contributed by atoms with van der Waals surface area (Å²) in [5.41, 5.74) is 2.11. The van der Waals surface area contributed by atoms with Gasteiger partial charge in [0, 0.05) is 48.6 Å².